The lowest BCUT2D eigenvalue weighted by molar-refractivity contribution is -0.156. The first-order valence-electron chi connectivity index (χ1n) is 5.81. The Kier molecular flexibility index (Phi) is 5.80. The maximum Gasteiger partial charge on any atom is 0.410 e. The summed E-state index contributed by atoms with van der Waals surface area (Å²) in [5, 5.41) is 9.13. The van der Waals surface area contributed by atoms with Gasteiger partial charge in [-0.2, -0.15) is 0 Å². The summed E-state index contributed by atoms with van der Waals surface area (Å²) in [6.45, 7) is 7.59. The molecular weight excluding hydrogens is 254 g/mol. The zero-order chi connectivity index (χ0) is 15.4. The largest absolute Gasteiger partial charge is 0.480 e. The number of carbonyl (C=O) groups excluding carboxylic acids is 2. The molecule has 0 saturated carbocycles. The highest BCUT2D eigenvalue weighted by molar-refractivity contribution is 5.81. The lowest BCUT2D eigenvalue weighted by Crippen LogP contribution is -2.51. The summed E-state index contributed by atoms with van der Waals surface area (Å²) in [6.07, 6.45) is -1.77. The number of nitrogens with zero attached hydrogens (tertiary/aromatic N) is 1. The first-order valence-corrected chi connectivity index (χ1v) is 5.81. The third-order valence-electron chi connectivity index (χ3n) is 2.15. The highest BCUT2D eigenvalue weighted by Crippen LogP contribution is 2.14. The first-order chi connectivity index (χ1) is 8.45. The normalized spacial score (nSPS) is 14.2. The van der Waals surface area contributed by atoms with Gasteiger partial charge in [0.25, 0.3) is 0 Å². The molecule has 0 spiro atoms. The van der Waals surface area contributed by atoms with Crippen LogP contribution in [0.5, 0.6) is 0 Å². The average Bonchev–Trinajstić information content (AvgIpc) is 2.12. The number of amides is 1. The van der Waals surface area contributed by atoms with Gasteiger partial charge >= 0.3 is 18.0 Å². The summed E-state index contributed by atoms with van der Waals surface area (Å²) in [5.74, 6) is -1.89. The quantitative estimate of drug-likeness (QED) is 0.776. The molecule has 1 amide bonds. The van der Waals surface area contributed by atoms with Gasteiger partial charge in [-0.15, -0.1) is 0 Å². The van der Waals surface area contributed by atoms with E-state index < -0.39 is 35.8 Å². The molecule has 0 fully saturated rings. The summed E-state index contributed by atoms with van der Waals surface area (Å²) < 4.78 is 9.87. The standard InChI is InChI=1S/C12H21NO6/c1-7(18-8(2)14)9(10(15)16)13(6)11(17)19-12(3,4)5/h7,9H,1-6H3,(H,15,16)/t7-,9+/m0/s1. The minimum atomic E-state index is -1.31. The van der Waals surface area contributed by atoms with Gasteiger partial charge in [0.2, 0.25) is 0 Å². The molecular formula is C12H21NO6. The maximum atomic E-state index is 11.8. The minimum absolute atomic E-state index is 0.615. The van der Waals surface area contributed by atoms with Crippen LogP contribution in [0.3, 0.4) is 0 Å². The van der Waals surface area contributed by atoms with Crippen molar-refractivity contribution in [3.8, 4) is 0 Å². The van der Waals surface area contributed by atoms with Crippen LogP contribution in [-0.2, 0) is 19.1 Å². The Morgan fingerprint density at radius 2 is 1.68 bits per heavy atom. The summed E-state index contributed by atoms with van der Waals surface area (Å²) in [4.78, 5) is 34.7. The lowest BCUT2D eigenvalue weighted by atomic mass is 10.1. The fourth-order valence-electron chi connectivity index (χ4n) is 1.46. The predicted octanol–water partition coefficient (Wildman–Crippen LogP) is 1.26. The SMILES string of the molecule is CC(=O)O[C@@H](C)[C@H](C(=O)O)N(C)C(=O)OC(C)(C)C. The van der Waals surface area contributed by atoms with Crippen molar-refractivity contribution in [2.45, 2.75) is 52.4 Å². The molecule has 7 nitrogen and oxygen atoms in total. The molecule has 0 heterocycles. The molecule has 110 valence electrons. The molecule has 0 aliphatic rings. The number of ether oxygens (including phenoxy) is 2. The van der Waals surface area contributed by atoms with Crippen LogP contribution in [0, 0.1) is 0 Å². The van der Waals surface area contributed by atoms with Crippen molar-refractivity contribution < 1.29 is 29.0 Å². The molecule has 0 saturated heterocycles. The monoisotopic (exact) mass is 275 g/mol. The first kappa shape index (κ1) is 17.2. The summed E-state index contributed by atoms with van der Waals surface area (Å²) in [6, 6.07) is -1.31. The number of hydrogen-bond acceptors (Lipinski definition) is 5. The fourth-order valence-corrected chi connectivity index (χ4v) is 1.46. The van der Waals surface area contributed by atoms with E-state index in [4.69, 9.17) is 14.6 Å². The Labute approximate surface area is 112 Å². The third-order valence-corrected chi connectivity index (χ3v) is 2.15. The smallest absolute Gasteiger partial charge is 0.410 e. The Hall–Kier alpha value is -1.79. The van der Waals surface area contributed by atoms with Crippen molar-refractivity contribution in [3.05, 3.63) is 0 Å². The minimum Gasteiger partial charge on any atom is -0.480 e. The van der Waals surface area contributed by atoms with Crippen molar-refractivity contribution in [1.82, 2.24) is 4.90 Å². The van der Waals surface area contributed by atoms with Crippen LogP contribution in [0.2, 0.25) is 0 Å². The van der Waals surface area contributed by atoms with Gasteiger partial charge in [-0.3, -0.25) is 9.69 Å². The number of hydrogen-bond donors (Lipinski definition) is 1. The fraction of sp³-hybridized carbons (Fsp3) is 0.750. The van der Waals surface area contributed by atoms with Crippen molar-refractivity contribution in [2.24, 2.45) is 0 Å². The highest BCUT2D eigenvalue weighted by Gasteiger charge is 2.35. The van der Waals surface area contributed by atoms with Crippen molar-refractivity contribution in [2.75, 3.05) is 7.05 Å². The molecule has 19 heavy (non-hydrogen) atoms. The second-order valence-corrected chi connectivity index (χ2v) is 5.19. The molecule has 0 aliphatic heterocycles. The van der Waals surface area contributed by atoms with E-state index in [1.165, 1.54) is 20.9 Å². The summed E-state index contributed by atoms with van der Waals surface area (Å²) in [5.41, 5.74) is -0.737. The van der Waals surface area contributed by atoms with Crippen LogP contribution >= 0.6 is 0 Å². The Morgan fingerprint density at radius 3 is 2.00 bits per heavy atom. The molecule has 1 N–H and O–H groups in total. The van der Waals surface area contributed by atoms with E-state index in [9.17, 15) is 14.4 Å². The molecule has 2 atom stereocenters. The number of rotatable bonds is 4. The molecule has 0 aliphatic carbocycles. The predicted molar refractivity (Wildman–Crippen MR) is 66.6 cm³/mol. The van der Waals surface area contributed by atoms with E-state index >= 15 is 0 Å². The number of carboxylic acid groups (broad SMARTS) is 1. The van der Waals surface area contributed by atoms with Crippen LogP contribution in [0.15, 0.2) is 0 Å². The van der Waals surface area contributed by atoms with Crippen LogP contribution in [0.4, 0.5) is 4.79 Å². The molecule has 0 rings (SSSR count). The number of carbonyl (C=O) groups is 3. The second kappa shape index (κ2) is 6.40. The second-order valence-electron chi connectivity index (χ2n) is 5.19. The topological polar surface area (TPSA) is 93.1 Å². The van der Waals surface area contributed by atoms with Gasteiger partial charge in [-0.05, 0) is 27.7 Å². The Morgan fingerprint density at radius 1 is 1.21 bits per heavy atom. The van der Waals surface area contributed by atoms with Gasteiger partial charge in [0.1, 0.15) is 11.7 Å². The molecule has 0 unspecified atom stereocenters. The van der Waals surface area contributed by atoms with Gasteiger partial charge in [-0.1, -0.05) is 0 Å². The molecule has 0 aromatic rings. The number of esters is 1. The number of aliphatic carboxylic acids is 1. The molecule has 0 radical (unpaired) electrons. The molecule has 7 heteroatoms. The van der Waals surface area contributed by atoms with Gasteiger partial charge in [0.05, 0.1) is 0 Å². The van der Waals surface area contributed by atoms with Gasteiger partial charge in [0.15, 0.2) is 6.04 Å². The lowest BCUT2D eigenvalue weighted by Gasteiger charge is -2.31. The van der Waals surface area contributed by atoms with E-state index in [-0.39, 0.29) is 0 Å². The third kappa shape index (κ3) is 6.08. The highest BCUT2D eigenvalue weighted by atomic mass is 16.6. The zero-order valence-electron chi connectivity index (χ0n) is 12.1. The van der Waals surface area contributed by atoms with Crippen LogP contribution < -0.4 is 0 Å². The van der Waals surface area contributed by atoms with E-state index in [1.54, 1.807) is 20.8 Å². The number of likely N-dealkylation sites (N-methyl/N-ethyl adjacent to an activating group) is 1. The molecule has 0 bridgehead atoms. The van der Waals surface area contributed by atoms with Gasteiger partial charge in [0, 0.05) is 14.0 Å². The Bertz CT molecular complexity index is 360. The average molecular weight is 275 g/mol. The van der Waals surface area contributed by atoms with Crippen molar-refractivity contribution in [1.29, 1.82) is 0 Å². The van der Waals surface area contributed by atoms with Gasteiger partial charge < -0.3 is 14.6 Å². The van der Waals surface area contributed by atoms with Crippen LogP contribution in [0.25, 0.3) is 0 Å². The van der Waals surface area contributed by atoms with E-state index in [0.29, 0.717) is 0 Å². The van der Waals surface area contributed by atoms with Crippen molar-refractivity contribution >= 4 is 18.0 Å². The zero-order valence-corrected chi connectivity index (χ0v) is 12.1. The van der Waals surface area contributed by atoms with Crippen LogP contribution in [-0.4, -0.2) is 52.8 Å². The molecule has 0 aromatic carbocycles. The number of carboxylic acids is 1. The Balaban J connectivity index is 4.94. The molecule has 0 aromatic heterocycles. The van der Waals surface area contributed by atoms with E-state index in [2.05, 4.69) is 0 Å². The maximum absolute atomic E-state index is 11.8. The van der Waals surface area contributed by atoms with E-state index in [0.717, 1.165) is 4.90 Å². The van der Waals surface area contributed by atoms with Crippen LogP contribution in [0.1, 0.15) is 34.6 Å². The van der Waals surface area contributed by atoms with Gasteiger partial charge in [-0.25, -0.2) is 9.59 Å². The van der Waals surface area contributed by atoms with E-state index in [1.807, 2.05) is 0 Å². The summed E-state index contributed by atoms with van der Waals surface area (Å²) >= 11 is 0. The summed E-state index contributed by atoms with van der Waals surface area (Å²) in [7, 11) is 1.28. The van der Waals surface area contributed by atoms with Crippen molar-refractivity contribution in [3.63, 3.8) is 0 Å².